The molecule has 0 saturated carbocycles. The SMILES string of the molecule is Cc1noc(CCNS(=O)(=O)c2cc(N)cc(F)c2C)n1. The lowest BCUT2D eigenvalue weighted by Crippen LogP contribution is -2.27. The molecular formula is C12H15FN4O3S. The minimum atomic E-state index is -3.86. The highest BCUT2D eigenvalue weighted by Crippen LogP contribution is 2.21. The molecule has 0 aliphatic heterocycles. The third kappa shape index (κ3) is 3.56. The van der Waals surface area contributed by atoms with Crippen LogP contribution in [-0.4, -0.2) is 25.1 Å². The Kier molecular flexibility index (Phi) is 4.24. The van der Waals surface area contributed by atoms with Gasteiger partial charge < -0.3 is 10.3 Å². The van der Waals surface area contributed by atoms with Gasteiger partial charge in [-0.25, -0.2) is 17.5 Å². The molecule has 1 heterocycles. The van der Waals surface area contributed by atoms with E-state index in [-0.39, 0.29) is 29.1 Å². The summed E-state index contributed by atoms with van der Waals surface area (Å²) < 4.78 is 45.1. The summed E-state index contributed by atoms with van der Waals surface area (Å²) in [5.41, 5.74) is 5.55. The highest BCUT2D eigenvalue weighted by Gasteiger charge is 2.19. The van der Waals surface area contributed by atoms with Crippen molar-refractivity contribution in [3.05, 3.63) is 35.2 Å². The van der Waals surface area contributed by atoms with E-state index in [0.717, 1.165) is 6.07 Å². The molecule has 1 aromatic heterocycles. The van der Waals surface area contributed by atoms with Crippen molar-refractivity contribution in [1.82, 2.24) is 14.9 Å². The van der Waals surface area contributed by atoms with Gasteiger partial charge in [0.2, 0.25) is 15.9 Å². The van der Waals surface area contributed by atoms with Gasteiger partial charge in [0.15, 0.2) is 5.82 Å². The maximum atomic E-state index is 13.6. The lowest BCUT2D eigenvalue weighted by molar-refractivity contribution is 0.375. The van der Waals surface area contributed by atoms with E-state index < -0.39 is 15.8 Å². The summed E-state index contributed by atoms with van der Waals surface area (Å²) in [7, 11) is -3.86. The fraction of sp³-hybridized carbons (Fsp3) is 0.333. The Morgan fingerprint density at radius 3 is 2.71 bits per heavy atom. The summed E-state index contributed by atoms with van der Waals surface area (Å²) >= 11 is 0. The summed E-state index contributed by atoms with van der Waals surface area (Å²) in [6.07, 6.45) is 0.240. The maximum Gasteiger partial charge on any atom is 0.241 e. The molecule has 21 heavy (non-hydrogen) atoms. The molecule has 0 atom stereocenters. The van der Waals surface area contributed by atoms with Gasteiger partial charge in [-0.1, -0.05) is 5.16 Å². The number of nitrogens with zero attached hydrogens (tertiary/aromatic N) is 2. The van der Waals surface area contributed by atoms with Crippen LogP contribution in [0.3, 0.4) is 0 Å². The summed E-state index contributed by atoms with van der Waals surface area (Å²) in [5, 5.41) is 3.60. The van der Waals surface area contributed by atoms with Crippen LogP contribution >= 0.6 is 0 Å². The number of halogens is 1. The number of hydrogen-bond donors (Lipinski definition) is 2. The van der Waals surface area contributed by atoms with Crippen molar-refractivity contribution in [2.75, 3.05) is 12.3 Å². The van der Waals surface area contributed by atoms with E-state index >= 15 is 0 Å². The van der Waals surface area contributed by atoms with E-state index in [1.54, 1.807) is 6.92 Å². The van der Waals surface area contributed by atoms with Gasteiger partial charge in [-0.2, -0.15) is 4.98 Å². The molecule has 9 heteroatoms. The van der Waals surface area contributed by atoms with Crippen LogP contribution in [-0.2, 0) is 16.4 Å². The molecular weight excluding hydrogens is 299 g/mol. The van der Waals surface area contributed by atoms with Crippen LogP contribution in [0.1, 0.15) is 17.3 Å². The van der Waals surface area contributed by atoms with Crippen molar-refractivity contribution in [3.8, 4) is 0 Å². The lowest BCUT2D eigenvalue weighted by atomic mass is 10.2. The number of nitrogens with one attached hydrogen (secondary N) is 1. The molecule has 3 N–H and O–H groups in total. The Labute approximate surface area is 121 Å². The predicted octanol–water partition coefficient (Wildman–Crippen LogP) is 0.929. The number of aryl methyl sites for hydroxylation is 1. The highest BCUT2D eigenvalue weighted by molar-refractivity contribution is 7.89. The third-order valence-corrected chi connectivity index (χ3v) is 4.40. The van der Waals surface area contributed by atoms with Crippen LogP contribution in [0.4, 0.5) is 10.1 Å². The fourth-order valence-corrected chi connectivity index (χ4v) is 3.08. The van der Waals surface area contributed by atoms with Crippen LogP contribution in [0.15, 0.2) is 21.6 Å². The molecule has 0 bridgehead atoms. The minimum Gasteiger partial charge on any atom is -0.399 e. The van der Waals surface area contributed by atoms with Crippen molar-refractivity contribution in [2.45, 2.75) is 25.2 Å². The maximum absolute atomic E-state index is 13.6. The van der Waals surface area contributed by atoms with Crippen molar-refractivity contribution in [1.29, 1.82) is 0 Å². The van der Waals surface area contributed by atoms with Crippen molar-refractivity contribution in [2.24, 2.45) is 0 Å². The number of benzene rings is 1. The Bertz CT molecular complexity index is 758. The number of sulfonamides is 1. The standard InChI is InChI=1S/C12H15FN4O3S/c1-7-10(13)5-9(14)6-11(7)21(18,19)15-4-3-12-16-8(2)17-20-12/h5-6,15H,3-4,14H2,1-2H3. The second-order valence-electron chi connectivity index (χ2n) is 4.51. The summed E-state index contributed by atoms with van der Waals surface area (Å²) in [4.78, 5) is 3.78. The second-order valence-corrected chi connectivity index (χ2v) is 6.24. The van der Waals surface area contributed by atoms with Gasteiger partial charge in [0.1, 0.15) is 5.82 Å². The molecule has 7 nitrogen and oxygen atoms in total. The zero-order valence-electron chi connectivity index (χ0n) is 11.6. The third-order valence-electron chi connectivity index (χ3n) is 2.81. The molecule has 0 aliphatic rings. The van der Waals surface area contributed by atoms with E-state index in [1.165, 1.54) is 13.0 Å². The number of rotatable bonds is 5. The molecule has 1 aromatic carbocycles. The van der Waals surface area contributed by atoms with Gasteiger partial charge >= 0.3 is 0 Å². The van der Waals surface area contributed by atoms with Crippen LogP contribution in [0.5, 0.6) is 0 Å². The second kappa shape index (κ2) is 5.78. The molecule has 0 aliphatic carbocycles. The van der Waals surface area contributed by atoms with Gasteiger partial charge in [-0.15, -0.1) is 0 Å². The van der Waals surface area contributed by atoms with Gasteiger partial charge in [0, 0.05) is 24.2 Å². The number of aromatic nitrogens is 2. The lowest BCUT2D eigenvalue weighted by Gasteiger charge is -2.10. The van der Waals surface area contributed by atoms with Crippen LogP contribution < -0.4 is 10.5 Å². The van der Waals surface area contributed by atoms with E-state index in [4.69, 9.17) is 10.3 Å². The average molecular weight is 314 g/mol. The van der Waals surface area contributed by atoms with Crippen LogP contribution in [0.2, 0.25) is 0 Å². The minimum absolute atomic E-state index is 0.0188. The first-order valence-corrected chi connectivity index (χ1v) is 7.62. The van der Waals surface area contributed by atoms with Gasteiger partial charge in [-0.3, -0.25) is 0 Å². The number of hydrogen-bond acceptors (Lipinski definition) is 6. The average Bonchev–Trinajstić information content (AvgIpc) is 2.79. The van der Waals surface area contributed by atoms with E-state index in [0.29, 0.717) is 11.7 Å². The van der Waals surface area contributed by atoms with Crippen molar-refractivity contribution >= 4 is 15.7 Å². The summed E-state index contributed by atoms with van der Waals surface area (Å²) in [6.45, 7) is 3.10. The highest BCUT2D eigenvalue weighted by atomic mass is 32.2. The number of nitrogens with two attached hydrogens (primary N) is 1. The molecule has 0 fully saturated rings. The first-order valence-electron chi connectivity index (χ1n) is 6.14. The molecule has 114 valence electrons. The number of anilines is 1. The van der Waals surface area contributed by atoms with E-state index in [2.05, 4.69) is 14.9 Å². The van der Waals surface area contributed by atoms with Crippen molar-refractivity contribution < 1.29 is 17.3 Å². The smallest absolute Gasteiger partial charge is 0.241 e. The summed E-state index contributed by atoms with van der Waals surface area (Å²) in [6, 6.07) is 2.30. The van der Waals surface area contributed by atoms with Crippen molar-refractivity contribution in [3.63, 3.8) is 0 Å². The zero-order valence-corrected chi connectivity index (χ0v) is 12.4. The monoisotopic (exact) mass is 314 g/mol. The first-order chi connectivity index (χ1) is 9.79. The zero-order chi connectivity index (χ0) is 15.6. The molecule has 0 radical (unpaired) electrons. The summed E-state index contributed by atoms with van der Waals surface area (Å²) in [5.74, 6) is 0.134. The van der Waals surface area contributed by atoms with Crippen LogP contribution in [0, 0.1) is 19.7 Å². The Morgan fingerprint density at radius 2 is 2.10 bits per heavy atom. The normalized spacial score (nSPS) is 11.8. The molecule has 2 rings (SSSR count). The fourth-order valence-electron chi connectivity index (χ4n) is 1.76. The quantitative estimate of drug-likeness (QED) is 0.794. The molecule has 0 unspecified atom stereocenters. The Hall–Kier alpha value is -2.00. The molecule has 0 spiro atoms. The van der Waals surface area contributed by atoms with Gasteiger partial charge in [0.05, 0.1) is 4.90 Å². The Balaban J connectivity index is 2.12. The largest absolute Gasteiger partial charge is 0.399 e. The van der Waals surface area contributed by atoms with Crippen LogP contribution in [0.25, 0.3) is 0 Å². The van der Waals surface area contributed by atoms with Gasteiger partial charge in [0.25, 0.3) is 0 Å². The topological polar surface area (TPSA) is 111 Å². The molecule has 0 amide bonds. The molecule has 2 aromatic rings. The predicted molar refractivity (Wildman–Crippen MR) is 73.5 cm³/mol. The first kappa shape index (κ1) is 15.4. The molecule has 0 saturated heterocycles. The van der Waals surface area contributed by atoms with E-state index in [1.807, 2.05) is 0 Å². The Morgan fingerprint density at radius 1 is 1.38 bits per heavy atom. The van der Waals surface area contributed by atoms with E-state index in [9.17, 15) is 12.8 Å². The van der Waals surface area contributed by atoms with Gasteiger partial charge in [-0.05, 0) is 26.0 Å². The number of nitrogen functional groups attached to an aromatic ring is 1.